The Morgan fingerprint density at radius 1 is 1.16 bits per heavy atom. The second-order valence-electron chi connectivity index (χ2n) is 7.46. The Morgan fingerprint density at radius 2 is 2.00 bits per heavy atom. The van der Waals surface area contributed by atoms with Crippen LogP contribution in [0.5, 0.6) is 0 Å². The van der Waals surface area contributed by atoms with Gasteiger partial charge in [-0.2, -0.15) is 0 Å². The molecule has 1 aliphatic rings. The Hall–Kier alpha value is -3.78. The molecule has 2 aromatic heterocycles. The van der Waals surface area contributed by atoms with Crippen LogP contribution in [0, 0.1) is 5.82 Å². The average molecular weight is 449 g/mol. The van der Waals surface area contributed by atoms with Gasteiger partial charge in [-0.1, -0.05) is 17.7 Å². The van der Waals surface area contributed by atoms with Crippen LogP contribution < -0.4 is 16.0 Å². The third-order valence-corrected chi connectivity index (χ3v) is 5.90. The van der Waals surface area contributed by atoms with E-state index in [2.05, 4.69) is 20.3 Å². The van der Waals surface area contributed by atoms with Crippen molar-refractivity contribution in [3.63, 3.8) is 0 Å². The number of anilines is 3. The first-order chi connectivity index (χ1) is 15.5. The maximum Gasteiger partial charge on any atom is 0.254 e. The molecule has 32 heavy (non-hydrogen) atoms. The lowest BCUT2D eigenvalue weighted by molar-refractivity contribution is 0.0963. The number of hydrogen-bond donors (Lipinski definition) is 2. The largest absolute Gasteiger partial charge is 0.383 e. The molecule has 0 spiro atoms. The highest BCUT2D eigenvalue weighted by molar-refractivity contribution is 6.31. The Bertz CT molecular complexity index is 1390. The summed E-state index contributed by atoms with van der Waals surface area (Å²) in [6.45, 7) is 0.649. The lowest BCUT2D eigenvalue weighted by Crippen LogP contribution is -2.20. The fourth-order valence-electron chi connectivity index (χ4n) is 3.99. The van der Waals surface area contributed by atoms with Gasteiger partial charge in [0.05, 0.1) is 16.1 Å². The van der Waals surface area contributed by atoms with E-state index in [0.29, 0.717) is 24.3 Å². The van der Waals surface area contributed by atoms with Crippen molar-refractivity contribution in [3.8, 4) is 11.1 Å². The number of fused-ring (bicyclic) bond motifs is 2. The molecule has 0 saturated carbocycles. The molecule has 0 aliphatic carbocycles. The van der Waals surface area contributed by atoms with Crippen molar-refractivity contribution < 1.29 is 9.18 Å². The Morgan fingerprint density at radius 3 is 2.81 bits per heavy atom. The second kappa shape index (κ2) is 7.72. The summed E-state index contributed by atoms with van der Waals surface area (Å²) >= 11 is 6.05. The van der Waals surface area contributed by atoms with E-state index in [1.165, 1.54) is 12.4 Å². The molecule has 9 heteroatoms. The molecule has 7 nitrogen and oxygen atoms in total. The quantitative estimate of drug-likeness (QED) is 0.489. The summed E-state index contributed by atoms with van der Waals surface area (Å²) in [4.78, 5) is 27.2. The van der Waals surface area contributed by atoms with Gasteiger partial charge in [0.15, 0.2) is 0 Å². The maximum absolute atomic E-state index is 13.9. The molecule has 0 bridgehead atoms. The van der Waals surface area contributed by atoms with Gasteiger partial charge in [-0.25, -0.2) is 19.3 Å². The van der Waals surface area contributed by atoms with E-state index < -0.39 is 5.82 Å². The van der Waals surface area contributed by atoms with E-state index >= 15 is 0 Å². The fourth-order valence-corrected chi connectivity index (χ4v) is 4.15. The number of pyridine rings is 1. The van der Waals surface area contributed by atoms with Crippen LogP contribution in [0.4, 0.5) is 21.7 Å². The number of aromatic nitrogens is 3. The Balaban J connectivity index is 1.64. The van der Waals surface area contributed by atoms with Gasteiger partial charge in [-0.3, -0.25) is 4.79 Å². The Kier molecular flexibility index (Phi) is 4.86. The zero-order valence-electron chi connectivity index (χ0n) is 17.1. The highest BCUT2D eigenvalue weighted by atomic mass is 35.5. The number of benzene rings is 2. The van der Waals surface area contributed by atoms with E-state index in [1.807, 2.05) is 23.1 Å². The van der Waals surface area contributed by atoms with Gasteiger partial charge in [-0.15, -0.1) is 0 Å². The van der Waals surface area contributed by atoms with Crippen molar-refractivity contribution in [1.82, 2.24) is 20.3 Å². The van der Waals surface area contributed by atoms with Gasteiger partial charge < -0.3 is 16.0 Å². The van der Waals surface area contributed by atoms with Gasteiger partial charge in [0.1, 0.15) is 23.8 Å². The van der Waals surface area contributed by atoms with Crippen molar-refractivity contribution >= 4 is 45.7 Å². The van der Waals surface area contributed by atoms with Crippen molar-refractivity contribution in [3.05, 3.63) is 70.9 Å². The van der Waals surface area contributed by atoms with E-state index in [4.69, 9.17) is 17.3 Å². The zero-order valence-corrected chi connectivity index (χ0v) is 17.8. The number of nitrogen functional groups attached to an aromatic ring is 1. The number of nitrogens with zero attached hydrogens (tertiary/aromatic N) is 4. The fraction of sp³-hybridized carbons (Fsp3) is 0.130. The standard InChI is InChI=1S/C23H18ClFN6O/c1-27-23(32)16-7-14(10-28-21(16)26)12-2-3-19-15(6-12)22(30-11-29-19)31-5-4-13-8-18(25)17(24)9-20(13)31/h2-3,6-11H,4-5H2,1H3,(H2,26,28)(H,27,32). The number of halogens is 2. The Labute approximate surface area is 188 Å². The van der Waals surface area contributed by atoms with Gasteiger partial charge in [-0.05, 0) is 47.9 Å². The van der Waals surface area contributed by atoms with Crippen LogP contribution in [0.25, 0.3) is 22.0 Å². The first-order valence-electron chi connectivity index (χ1n) is 9.94. The summed E-state index contributed by atoms with van der Waals surface area (Å²) in [7, 11) is 1.54. The molecule has 0 saturated heterocycles. The van der Waals surface area contributed by atoms with Gasteiger partial charge in [0.25, 0.3) is 5.91 Å². The molecule has 3 N–H and O–H groups in total. The van der Waals surface area contributed by atoms with Crippen LogP contribution in [-0.4, -0.2) is 34.5 Å². The molecule has 2 aromatic carbocycles. The molecular weight excluding hydrogens is 431 g/mol. The highest BCUT2D eigenvalue weighted by Crippen LogP contribution is 2.39. The predicted octanol–water partition coefficient (Wildman–Crippen LogP) is 4.12. The molecule has 0 atom stereocenters. The third-order valence-electron chi connectivity index (χ3n) is 5.61. The minimum atomic E-state index is -0.426. The van der Waals surface area contributed by atoms with Crippen LogP contribution >= 0.6 is 11.6 Å². The number of nitrogens with two attached hydrogens (primary N) is 1. The summed E-state index contributed by atoms with van der Waals surface area (Å²) < 4.78 is 13.9. The van der Waals surface area contributed by atoms with E-state index in [1.54, 1.807) is 25.4 Å². The number of amides is 1. The first kappa shape index (κ1) is 20.1. The van der Waals surface area contributed by atoms with E-state index in [-0.39, 0.29) is 16.7 Å². The molecule has 1 amide bonds. The van der Waals surface area contributed by atoms with Crippen molar-refractivity contribution in [1.29, 1.82) is 0 Å². The maximum atomic E-state index is 13.9. The van der Waals surface area contributed by atoms with Crippen molar-refractivity contribution in [2.45, 2.75) is 6.42 Å². The SMILES string of the molecule is CNC(=O)c1cc(-c2ccc3ncnc(N4CCc5cc(F)c(Cl)cc54)c3c2)cnc1N. The van der Waals surface area contributed by atoms with Gasteiger partial charge in [0.2, 0.25) is 0 Å². The minimum Gasteiger partial charge on any atom is -0.383 e. The topological polar surface area (TPSA) is 97.0 Å². The third kappa shape index (κ3) is 3.29. The number of carbonyl (C=O) groups excluding carboxylic acids is 1. The van der Waals surface area contributed by atoms with Crippen LogP contribution in [0.3, 0.4) is 0 Å². The lowest BCUT2D eigenvalue weighted by Gasteiger charge is -2.20. The normalized spacial score (nSPS) is 12.8. The molecule has 0 radical (unpaired) electrons. The molecule has 160 valence electrons. The summed E-state index contributed by atoms with van der Waals surface area (Å²) in [6.07, 6.45) is 3.82. The molecule has 4 aromatic rings. The highest BCUT2D eigenvalue weighted by Gasteiger charge is 2.25. The van der Waals surface area contributed by atoms with Gasteiger partial charge in [0, 0.05) is 36.4 Å². The zero-order chi connectivity index (χ0) is 22.4. The number of nitrogens with one attached hydrogen (secondary N) is 1. The summed E-state index contributed by atoms with van der Waals surface area (Å²) in [5.41, 5.74) is 10.2. The van der Waals surface area contributed by atoms with Crippen LogP contribution in [-0.2, 0) is 6.42 Å². The van der Waals surface area contributed by atoms with Gasteiger partial charge >= 0.3 is 0 Å². The molecule has 5 rings (SSSR count). The molecule has 0 fully saturated rings. The lowest BCUT2D eigenvalue weighted by atomic mass is 10.0. The monoisotopic (exact) mass is 448 g/mol. The molecule has 3 heterocycles. The second-order valence-corrected chi connectivity index (χ2v) is 7.87. The smallest absolute Gasteiger partial charge is 0.254 e. The average Bonchev–Trinajstić information content (AvgIpc) is 3.20. The van der Waals surface area contributed by atoms with Crippen LogP contribution in [0.15, 0.2) is 48.9 Å². The summed E-state index contributed by atoms with van der Waals surface area (Å²) in [6, 6.07) is 10.6. The van der Waals surface area contributed by atoms with Crippen LogP contribution in [0.2, 0.25) is 5.02 Å². The molecule has 1 aliphatic heterocycles. The number of rotatable bonds is 3. The number of hydrogen-bond acceptors (Lipinski definition) is 6. The minimum absolute atomic E-state index is 0.0735. The predicted molar refractivity (Wildman–Crippen MR) is 123 cm³/mol. The first-order valence-corrected chi connectivity index (χ1v) is 10.3. The van der Waals surface area contributed by atoms with Crippen molar-refractivity contribution in [2.75, 3.05) is 24.2 Å². The van der Waals surface area contributed by atoms with E-state index in [9.17, 15) is 9.18 Å². The molecule has 0 unspecified atom stereocenters. The van der Waals surface area contributed by atoms with Crippen molar-refractivity contribution in [2.24, 2.45) is 0 Å². The molecular formula is C23H18ClFN6O. The van der Waals surface area contributed by atoms with E-state index in [0.717, 1.165) is 33.3 Å². The number of carbonyl (C=O) groups is 1. The summed E-state index contributed by atoms with van der Waals surface area (Å²) in [5.74, 6) is 0.133. The summed E-state index contributed by atoms with van der Waals surface area (Å²) in [5, 5.41) is 3.46. The van der Waals surface area contributed by atoms with Crippen LogP contribution in [0.1, 0.15) is 15.9 Å².